The zero-order valence-corrected chi connectivity index (χ0v) is 20.8. The Morgan fingerprint density at radius 2 is 1.62 bits per heavy atom. The van der Waals surface area contributed by atoms with Crippen LogP contribution in [0.3, 0.4) is 0 Å². The first-order valence-corrected chi connectivity index (χ1v) is 11.7. The van der Waals surface area contributed by atoms with Crippen molar-refractivity contribution in [2.24, 2.45) is 13.0 Å². The van der Waals surface area contributed by atoms with Gasteiger partial charge in [0.2, 0.25) is 0 Å². The maximum Gasteiger partial charge on any atom is 0.331 e. The van der Waals surface area contributed by atoms with Gasteiger partial charge in [-0.3, -0.25) is 13.9 Å². The van der Waals surface area contributed by atoms with Crippen molar-refractivity contribution in [3.8, 4) is 5.75 Å². The van der Waals surface area contributed by atoms with E-state index in [9.17, 15) is 9.59 Å². The maximum absolute atomic E-state index is 13.2. The quantitative estimate of drug-likeness (QED) is 0.420. The summed E-state index contributed by atoms with van der Waals surface area (Å²) in [6.07, 6.45) is 1.90. The van der Waals surface area contributed by atoms with Gasteiger partial charge in [-0.1, -0.05) is 58.0 Å². The van der Waals surface area contributed by atoms with Crippen molar-refractivity contribution in [2.45, 2.75) is 40.8 Å². The van der Waals surface area contributed by atoms with Gasteiger partial charge < -0.3 is 14.6 Å². The molecule has 180 valence electrons. The van der Waals surface area contributed by atoms with Crippen LogP contribution in [0.5, 0.6) is 5.75 Å². The van der Waals surface area contributed by atoms with Gasteiger partial charge in [-0.15, -0.1) is 0 Å². The molecule has 0 amide bonds. The van der Waals surface area contributed by atoms with Gasteiger partial charge in [-0.2, -0.15) is 0 Å². The molecule has 4 rings (SSSR count). The van der Waals surface area contributed by atoms with Gasteiger partial charge in [-0.25, -0.2) is 4.79 Å². The molecule has 0 atom stereocenters. The molecule has 1 N–H and O–H groups in total. The normalized spacial score (nSPS) is 10.8. The van der Waals surface area contributed by atoms with Crippen molar-refractivity contribution in [1.82, 2.24) is 13.7 Å². The van der Waals surface area contributed by atoms with Crippen molar-refractivity contribution in [3.63, 3.8) is 0 Å². The molecule has 2 aromatic heterocycles. The van der Waals surface area contributed by atoms with Crippen LogP contribution < -0.4 is 21.3 Å². The van der Waals surface area contributed by atoms with Gasteiger partial charge in [0.25, 0.3) is 5.56 Å². The SMILES string of the molecule is CC.COc1ccc(Cn2cc3c(c2Nc2ccccc2)c(=O)n(C)c(=O)n3CC(C)C)cc1. The lowest BCUT2D eigenvalue weighted by Crippen LogP contribution is -2.38. The van der Waals surface area contributed by atoms with E-state index < -0.39 is 0 Å². The Kier molecular flexibility index (Phi) is 7.99. The third-order valence-corrected chi connectivity index (χ3v) is 5.48. The highest BCUT2D eigenvalue weighted by Crippen LogP contribution is 2.27. The van der Waals surface area contributed by atoms with E-state index >= 15 is 0 Å². The zero-order valence-electron chi connectivity index (χ0n) is 20.8. The molecule has 0 aliphatic rings. The van der Waals surface area contributed by atoms with E-state index in [0.29, 0.717) is 29.8 Å². The minimum absolute atomic E-state index is 0.254. The Morgan fingerprint density at radius 3 is 2.21 bits per heavy atom. The van der Waals surface area contributed by atoms with Gasteiger partial charge in [0, 0.05) is 32.0 Å². The Morgan fingerprint density at radius 1 is 0.971 bits per heavy atom. The van der Waals surface area contributed by atoms with Crippen LogP contribution in [-0.2, 0) is 20.1 Å². The van der Waals surface area contributed by atoms with Gasteiger partial charge in [-0.05, 0) is 35.7 Å². The number of hydrogen-bond donors (Lipinski definition) is 1. The van der Waals surface area contributed by atoms with Crippen molar-refractivity contribution >= 4 is 22.4 Å². The van der Waals surface area contributed by atoms with Gasteiger partial charge in [0.15, 0.2) is 0 Å². The van der Waals surface area contributed by atoms with Crippen LogP contribution in [0.15, 0.2) is 70.4 Å². The molecular weight excluding hydrogens is 428 g/mol. The number of rotatable bonds is 7. The van der Waals surface area contributed by atoms with Crippen LogP contribution in [0.1, 0.15) is 33.3 Å². The molecule has 34 heavy (non-hydrogen) atoms. The molecular formula is C27H34N4O3. The monoisotopic (exact) mass is 462 g/mol. The second-order valence-electron chi connectivity index (χ2n) is 8.36. The topological polar surface area (TPSA) is 70.2 Å². The summed E-state index contributed by atoms with van der Waals surface area (Å²) in [5.41, 5.74) is 1.95. The molecule has 0 spiro atoms. The van der Waals surface area contributed by atoms with E-state index in [1.807, 2.05) is 79.2 Å². The van der Waals surface area contributed by atoms with Gasteiger partial charge in [0.05, 0.1) is 12.6 Å². The predicted octanol–water partition coefficient (Wildman–Crippen LogP) is 4.98. The Labute approximate surface area is 200 Å². The average Bonchev–Trinajstić information content (AvgIpc) is 3.20. The number of methoxy groups -OCH3 is 1. The molecule has 7 heteroatoms. The standard InChI is InChI=1S/C25H28N4O3.C2H6/c1-17(2)14-29-21-16-28(15-18-10-12-20(32-4)13-11-18)23(26-19-8-6-5-7-9-19)22(21)24(30)27(3)25(29)31;1-2/h5-13,16-17,26H,14-15H2,1-4H3;1-2H3. The lowest BCUT2D eigenvalue weighted by molar-refractivity contribution is 0.414. The molecule has 0 unspecified atom stereocenters. The fourth-order valence-corrected chi connectivity index (χ4v) is 3.88. The summed E-state index contributed by atoms with van der Waals surface area (Å²) in [7, 11) is 3.17. The van der Waals surface area contributed by atoms with Gasteiger partial charge >= 0.3 is 5.69 Å². The summed E-state index contributed by atoms with van der Waals surface area (Å²) in [6.45, 7) is 9.18. The number of nitrogens with one attached hydrogen (secondary N) is 1. The summed E-state index contributed by atoms with van der Waals surface area (Å²) in [4.78, 5) is 26.2. The van der Waals surface area contributed by atoms with E-state index in [-0.39, 0.29) is 17.2 Å². The maximum atomic E-state index is 13.2. The van der Waals surface area contributed by atoms with Crippen LogP contribution in [0, 0.1) is 5.92 Å². The van der Waals surface area contributed by atoms with E-state index in [2.05, 4.69) is 19.2 Å². The second kappa shape index (κ2) is 10.9. The highest BCUT2D eigenvalue weighted by Gasteiger charge is 2.20. The first kappa shape index (κ1) is 24.9. The molecule has 7 nitrogen and oxygen atoms in total. The third kappa shape index (κ3) is 5.09. The van der Waals surface area contributed by atoms with E-state index in [4.69, 9.17) is 4.74 Å². The first-order chi connectivity index (χ1) is 16.4. The highest BCUT2D eigenvalue weighted by atomic mass is 16.5. The number of aromatic nitrogens is 3. The van der Waals surface area contributed by atoms with Crippen molar-refractivity contribution < 1.29 is 4.74 Å². The fraction of sp³-hybridized carbons (Fsp3) is 0.333. The number of para-hydroxylation sites is 1. The van der Waals surface area contributed by atoms with E-state index in [1.165, 1.54) is 11.6 Å². The molecule has 4 aromatic rings. The summed E-state index contributed by atoms with van der Waals surface area (Å²) in [6, 6.07) is 17.5. The molecule has 0 saturated heterocycles. The molecule has 0 aliphatic heterocycles. The van der Waals surface area contributed by atoms with Crippen LogP contribution in [0.4, 0.5) is 11.5 Å². The van der Waals surface area contributed by atoms with Crippen LogP contribution >= 0.6 is 0 Å². The average molecular weight is 463 g/mol. The first-order valence-electron chi connectivity index (χ1n) is 11.7. The third-order valence-electron chi connectivity index (χ3n) is 5.48. The number of hydrogen-bond acceptors (Lipinski definition) is 4. The van der Waals surface area contributed by atoms with Crippen LogP contribution in [0.2, 0.25) is 0 Å². The minimum Gasteiger partial charge on any atom is -0.497 e. The van der Waals surface area contributed by atoms with Crippen LogP contribution in [-0.4, -0.2) is 20.8 Å². The van der Waals surface area contributed by atoms with E-state index in [1.54, 1.807) is 11.7 Å². The number of fused-ring (bicyclic) bond motifs is 1. The molecule has 0 fully saturated rings. The van der Waals surface area contributed by atoms with Crippen molar-refractivity contribution in [1.29, 1.82) is 0 Å². The lowest BCUT2D eigenvalue weighted by Gasteiger charge is -2.13. The van der Waals surface area contributed by atoms with Gasteiger partial charge in [0.1, 0.15) is 17.0 Å². The zero-order chi connectivity index (χ0) is 24.8. The predicted molar refractivity (Wildman–Crippen MR) is 139 cm³/mol. The van der Waals surface area contributed by atoms with Crippen LogP contribution in [0.25, 0.3) is 10.9 Å². The Hall–Kier alpha value is -3.74. The summed E-state index contributed by atoms with van der Waals surface area (Å²) in [5.74, 6) is 1.71. The second-order valence-corrected chi connectivity index (χ2v) is 8.36. The summed E-state index contributed by atoms with van der Waals surface area (Å²) in [5, 5.41) is 3.92. The summed E-state index contributed by atoms with van der Waals surface area (Å²) < 4.78 is 10.2. The molecule has 0 radical (unpaired) electrons. The Balaban J connectivity index is 0.00000158. The number of anilines is 2. The fourth-order valence-electron chi connectivity index (χ4n) is 3.88. The van der Waals surface area contributed by atoms with Crippen molar-refractivity contribution in [2.75, 3.05) is 12.4 Å². The Bertz CT molecular complexity index is 1350. The highest BCUT2D eigenvalue weighted by molar-refractivity contribution is 5.92. The summed E-state index contributed by atoms with van der Waals surface area (Å²) >= 11 is 0. The molecule has 2 heterocycles. The van der Waals surface area contributed by atoms with E-state index in [0.717, 1.165) is 17.0 Å². The minimum atomic E-state index is -0.308. The molecule has 0 saturated carbocycles. The smallest absolute Gasteiger partial charge is 0.331 e. The lowest BCUT2D eigenvalue weighted by atomic mass is 10.2. The number of benzene rings is 2. The van der Waals surface area contributed by atoms with Crippen molar-refractivity contribution in [3.05, 3.63) is 87.2 Å². The number of nitrogens with zero attached hydrogens (tertiary/aromatic N) is 3. The molecule has 2 aromatic carbocycles. The number of ether oxygens (including phenoxy) is 1. The largest absolute Gasteiger partial charge is 0.497 e. The molecule has 0 bridgehead atoms. The molecule has 0 aliphatic carbocycles.